The number of nitrogens with two attached hydrogens (primary N) is 1. The third-order valence-corrected chi connectivity index (χ3v) is 3.37. The van der Waals surface area contributed by atoms with Crippen LogP contribution in [0.2, 0.25) is 5.02 Å². The van der Waals surface area contributed by atoms with Crippen LogP contribution in [0.4, 0.5) is 5.69 Å². The zero-order chi connectivity index (χ0) is 15.9. The van der Waals surface area contributed by atoms with Gasteiger partial charge in [-0.3, -0.25) is 9.98 Å². The summed E-state index contributed by atoms with van der Waals surface area (Å²) in [6.45, 7) is 2.55. The van der Waals surface area contributed by atoms with Gasteiger partial charge in [-0.25, -0.2) is 0 Å². The highest BCUT2D eigenvalue weighted by molar-refractivity contribution is 14.0. The van der Waals surface area contributed by atoms with Gasteiger partial charge < -0.3 is 15.8 Å². The molecule has 5 nitrogen and oxygen atoms in total. The maximum atomic E-state index is 6.06. The lowest BCUT2D eigenvalue weighted by Gasteiger charge is -2.08. The second kappa shape index (κ2) is 9.57. The molecule has 0 saturated heterocycles. The molecule has 0 atom stereocenters. The summed E-state index contributed by atoms with van der Waals surface area (Å²) in [5.41, 5.74) is 8.77. The Morgan fingerprint density at radius 1 is 1.35 bits per heavy atom. The zero-order valence-corrected chi connectivity index (χ0v) is 16.1. The van der Waals surface area contributed by atoms with Crippen LogP contribution in [0, 0.1) is 6.92 Å². The first-order valence-corrected chi connectivity index (χ1v) is 7.28. The van der Waals surface area contributed by atoms with E-state index in [0.29, 0.717) is 23.3 Å². The van der Waals surface area contributed by atoms with E-state index < -0.39 is 0 Å². The van der Waals surface area contributed by atoms with Crippen LogP contribution in [-0.4, -0.2) is 24.6 Å². The third-order valence-electron chi connectivity index (χ3n) is 3.08. The molecule has 0 unspecified atom stereocenters. The molecule has 2 rings (SSSR count). The number of nitrogens with one attached hydrogen (secondary N) is 1. The van der Waals surface area contributed by atoms with Gasteiger partial charge in [-0.05, 0) is 43.2 Å². The highest BCUT2D eigenvalue weighted by Crippen LogP contribution is 2.26. The van der Waals surface area contributed by atoms with Crippen LogP contribution >= 0.6 is 35.6 Å². The molecule has 0 saturated carbocycles. The lowest BCUT2D eigenvalue weighted by molar-refractivity contribution is 0.415. The van der Waals surface area contributed by atoms with Crippen LogP contribution in [0.5, 0.6) is 5.75 Å². The van der Waals surface area contributed by atoms with Crippen molar-refractivity contribution >= 4 is 47.2 Å². The van der Waals surface area contributed by atoms with E-state index >= 15 is 0 Å². The number of aliphatic imine (C=N–C) groups is 1. The van der Waals surface area contributed by atoms with Crippen molar-refractivity contribution in [3.63, 3.8) is 0 Å². The van der Waals surface area contributed by atoms with Gasteiger partial charge in [0, 0.05) is 24.1 Å². The fraction of sp³-hybridized carbons (Fsp3) is 0.250. The molecule has 0 bridgehead atoms. The number of nitrogens with zero attached hydrogens (tertiary/aromatic N) is 2. The average Bonchev–Trinajstić information content (AvgIpc) is 2.49. The van der Waals surface area contributed by atoms with Crippen LogP contribution in [0.15, 0.2) is 41.5 Å². The number of benzene rings is 1. The van der Waals surface area contributed by atoms with Gasteiger partial charge in [-0.1, -0.05) is 17.7 Å². The Balaban J connectivity index is 0.00000264. The Kier molecular flexibility index (Phi) is 8.11. The monoisotopic (exact) mass is 446 g/mol. The van der Waals surface area contributed by atoms with Gasteiger partial charge in [0.15, 0.2) is 5.96 Å². The molecular weight excluding hydrogens is 427 g/mol. The first-order chi connectivity index (χ1) is 10.6. The number of rotatable bonds is 5. The summed E-state index contributed by atoms with van der Waals surface area (Å²) in [6, 6.07) is 9.38. The Labute approximate surface area is 158 Å². The van der Waals surface area contributed by atoms with Crippen molar-refractivity contribution in [1.82, 2.24) is 4.98 Å². The summed E-state index contributed by atoms with van der Waals surface area (Å²) in [5.74, 6) is 0.968. The first-order valence-electron chi connectivity index (χ1n) is 6.90. The summed E-state index contributed by atoms with van der Waals surface area (Å²) in [5, 5.41) is 3.52. The standard InChI is InChI=1S/C16H19ClN4O.HI/c1-11-3-4-12(10-20-11)7-8-19-16(18)21-13-5-6-15(22-2)14(17)9-13;/h3-6,9-10H,7-8H2,1-2H3,(H3,18,19,21);1H. The van der Waals surface area contributed by atoms with E-state index in [1.165, 1.54) is 0 Å². The van der Waals surface area contributed by atoms with Crippen molar-refractivity contribution in [2.24, 2.45) is 10.7 Å². The van der Waals surface area contributed by atoms with Crippen molar-refractivity contribution in [2.45, 2.75) is 13.3 Å². The normalized spacial score (nSPS) is 10.8. The van der Waals surface area contributed by atoms with E-state index in [-0.39, 0.29) is 24.0 Å². The molecule has 124 valence electrons. The van der Waals surface area contributed by atoms with Gasteiger partial charge in [0.05, 0.1) is 12.1 Å². The molecule has 1 aromatic carbocycles. The molecule has 2 aromatic rings. The van der Waals surface area contributed by atoms with Crippen molar-refractivity contribution in [3.8, 4) is 5.75 Å². The molecule has 0 aliphatic carbocycles. The number of anilines is 1. The molecule has 1 aromatic heterocycles. The molecule has 7 heteroatoms. The Morgan fingerprint density at radius 2 is 2.13 bits per heavy atom. The number of pyridine rings is 1. The van der Waals surface area contributed by atoms with E-state index in [4.69, 9.17) is 22.1 Å². The molecule has 23 heavy (non-hydrogen) atoms. The van der Waals surface area contributed by atoms with Crippen LogP contribution < -0.4 is 15.8 Å². The van der Waals surface area contributed by atoms with Crippen LogP contribution in [0.25, 0.3) is 0 Å². The predicted octanol–water partition coefficient (Wildman–Crippen LogP) is 3.64. The Bertz CT molecular complexity index is 662. The molecule has 0 aliphatic heterocycles. The van der Waals surface area contributed by atoms with E-state index in [9.17, 15) is 0 Å². The molecule has 0 aliphatic rings. The van der Waals surface area contributed by atoms with Crippen LogP contribution in [0.3, 0.4) is 0 Å². The smallest absolute Gasteiger partial charge is 0.193 e. The number of hydrogen-bond acceptors (Lipinski definition) is 3. The lowest BCUT2D eigenvalue weighted by atomic mass is 10.2. The van der Waals surface area contributed by atoms with E-state index in [2.05, 4.69) is 15.3 Å². The number of methoxy groups -OCH3 is 1. The van der Waals surface area contributed by atoms with Crippen molar-refractivity contribution in [3.05, 3.63) is 52.8 Å². The summed E-state index contributed by atoms with van der Waals surface area (Å²) < 4.78 is 5.10. The van der Waals surface area contributed by atoms with Gasteiger partial charge in [-0.2, -0.15) is 0 Å². The van der Waals surface area contributed by atoms with Crippen molar-refractivity contribution < 1.29 is 4.74 Å². The minimum atomic E-state index is 0. The SMILES string of the molecule is COc1ccc(NC(N)=NCCc2ccc(C)nc2)cc1Cl.I. The molecule has 0 fully saturated rings. The van der Waals surface area contributed by atoms with Crippen molar-refractivity contribution in [2.75, 3.05) is 19.0 Å². The highest BCUT2D eigenvalue weighted by Gasteiger charge is 2.02. The van der Waals surface area contributed by atoms with E-state index in [1.807, 2.05) is 31.3 Å². The second-order valence-corrected chi connectivity index (χ2v) is 5.21. The second-order valence-electron chi connectivity index (χ2n) is 4.80. The van der Waals surface area contributed by atoms with Gasteiger partial charge in [0.1, 0.15) is 5.75 Å². The van der Waals surface area contributed by atoms with Gasteiger partial charge in [0.25, 0.3) is 0 Å². The molecule has 3 N–H and O–H groups in total. The molecule has 0 amide bonds. The first kappa shape index (κ1) is 19.5. The average molecular weight is 447 g/mol. The third kappa shape index (κ3) is 6.23. The fourth-order valence-corrected chi connectivity index (χ4v) is 2.14. The topological polar surface area (TPSA) is 72.5 Å². The largest absolute Gasteiger partial charge is 0.495 e. The number of aryl methyl sites for hydroxylation is 1. The maximum Gasteiger partial charge on any atom is 0.193 e. The van der Waals surface area contributed by atoms with Crippen LogP contribution in [-0.2, 0) is 6.42 Å². The van der Waals surface area contributed by atoms with Crippen molar-refractivity contribution in [1.29, 1.82) is 0 Å². The Morgan fingerprint density at radius 3 is 2.74 bits per heavy atom. The minimum absolute atomic E-state index is 0. The maximum absolute atomic E-state index is 6.06. The summed E-state index contributed by atoms with van der Waals surface area (Å²) in [4.78, 5) is 8.54. The number of guanidine groups is 1. The molecular formula is C16H20ClIN4O. The summed E-state index contributed by atoms with van der Waals surface area (Å²) in [6.07, 6.45) is 2.65. The highest BCUT2D eigenvalue weighted by atomic mass is 127. The lowest BCUT2D eigenvalue weighted by Crippen LogP contribution is -2.23. The molecule has 1 heterocycles. The number of aromatic nitrogens is 1. The fourth-order valence-electron chi connectivity index (χ4n) is 1.88. The summed E-state index contributed by atoms with van der Waals surface area (Å²) >= 11 is 6.06. The van der Waals surface area contributed by atoms with Gasteiger partial charge in [0.2, 0.25) is 0 Å². The van der Waals surface area contributed by atoms with E-state index in [0.717, 1.165) is 23.4 Å². The molecule has 0 radical (unpaired) electrons. The number of hydrogen-bond donors (Lipinski definition) is 2. The van der Waals surface area contributed by atoms with Gasteiger partial charge in [-0.15, -0.1) is 24.0 Å². The summed E-state index contributed by atoms with van der Waals surface area (Å²) in [7, 11) is 1.57. The van der Waals surface area contributed by atoms with Crippen LogP contribution in [0.1, 0.15) is 11.3 Å². The molecule has 0 spiro atoms. The number of halogens is 2. The Hall–Kier alpha value is -1.54. The number of ether oxygens (including phenoxy) is 1. The quantitative estimate of drug-likeness (QED) is 0.418. The van der Waals surface area contributed by atoms with Gasteiger partial charge >= 0.3 is 0 Å². The van der Waals surface area contributed by atoms with E-state index in [1.54, 1.807) is 19.2 Å². The predicted molar refractivity (Wildman–Crippen MR) is 106 cm³/mol. The zero-order valence-electron chi connectivity index (χ0n) is 13.0. The minimum Gasteiger partial charge on any atom is -0.495 e.